The fourth-order valence-electron chi connectivity index (χ4n) is 3.78. The minimum atomic E-state index is -3.73. The molecule has 1 amide bonds. The van der Waals surface area contributed by atoms with Gasteiger partial charge in [0.25, 0.3) is 5.91 Å². The van der Waals surface area contributed by atoms with Crippen LogP contribution in [0.3, 0.4) is 0 Å². The minimum Gasteiger partial charge on any atom is -0.369 e. The van der Waals surface area contributed by atoms with E-state index < -0.39 is 21.7 Å². The van der Waals surface area contributed by atoms with E-state index >= 15 is 0 Å². The van der Waals surface area contributed by atoms with Gasteiger partial charge in [-0.15, -0.1) is 0 Å². The van der Waals surface area contributed by atoms with E-state index in [0.717, 1.165) is 30.0 Å². The third kappa shape index (κ3) is 5.19. The van der Waals surface area contributed by atoms with E-state index in [1.807, 2.05) is 11.9 Å². The molecule has 9 heteroatoms. The van der Waals surface area contributed by atoms with Crippen molar-refractivity contribution in [3.63, 3.8) is 0 Å². The van der Waals surface area contributed by atoms with Crippen LogP contribution in [0.2, 0.25) is 5.02 Å². The average Bonchev–Trinajstić information content (AvgIpc) is 2.74. The van der Waals surface area contributed by atoms with Crippen molar-refractivity contribution >= 4 is 38.9 Å². The molecule has 1 N–H and O–H groups in total. The van der Waals surface area contributed by atoms with E-state index in [0.29, 0.717) is 11.7 Å². The number of hydrogen-bond donors (Lipinski definition) is 1. The van der Waals surface area contributed by atoms with Gasteiger partial charge in [0.05, 0.1) is 21.2 Å². The molecule has 1 aliphatic carbocycles. The molecule has 0 aliphatic heterocycles. The van der Waals surface area contributed by atoms with Crippen molar-refractivity contribution in [2.24, 2.45) is 0 Å². The molecule has 0 bridgehead atoms. The number of anilines is 2. The molecule has 0 spiro atoms. The lowest BCUT2D eigenvalue weighted by atomic mass is 9.94. The van der Waals surface area contributed by atoms with Crippen LogP contribution >= 0.6 is 11.6 Å². The summed E-state index contributed by atoms with van der Waals surface area (Å²) in [6.07, 6.45) is 5.60. The summed E-state index contributed by atoms with van der Waals surface area (Å²) in [5.74, 6) is -1.05. The largest absolute Gasteiger partial charge is 0.369 e. The van der Waals surface area contributed by atoms with Gasteiger partial charge in [0, 0.05) is 32.9 Å². The van der Waals surface area contributed by atoms with E-state index in [-0.39, 0.29) is 21.2 Å². The number of halogens is 2. The smallest absolute Gasteiger partial charge is 0.257 e. The van der Waals surface area contributed by atoms with Crippen molar-refractivity contribution in [2.45, 2.75) is 43.0 Å². The number of sulfonamides is 1. The van der Waals surface area contributed by atoms with E-state index in [9.17, 15) is 17.6 Å². The monoisotopic (exact) mass is 467 g/mol. The third-order valence-electron chi connectivity index (χ3n) is 5.67. The Kier molecular flexibility index (Phi) is 7.24. The number of nitrogens with one attached hydrogen (secondary N) is 1. The standard InChI is InChI=1S/C22H27ClFN3O3S/c1-26(2)31(29,30)17-10-11-19(23)18(14-17)22(28)25-15-9-12-21(20(24)13-15)27(3)16-7-5-4-6-8-16/h9-14,16H,4-8H2,1-3H3,(H,25,28). The highest BCUT2D eigenvalue weighted by atomic mass is 35.5. The first-order valence-corrected chi connectivity index (χ1v) is 12.0. The van der Waals surface area contributed by atoms with Crippen LogP contribution in [0.25, 0.3) is 0 Å². The molecule has 1 aliphatic rings. The predicted octanol–water partition coefficient (Wildman–Crippen LogP) is 4.75. The normalized spacial score (nSPS) is 15.2. The van der Waals surface area contributed by atoms with E-state index in [1.54, 1.807) is 12.1 Å². The fourth-order valence-corrected chi connectivity index (χ4v) is 4.92. The number of benzene rings is 2. The van der Waals surface area contributed by atoms with E-state index in [4.69, 9.17) is 11.6 Å². The van der Waals surface area contributed by atoms with Gasteiger partial charge in [-0.25, -0.2) is 17.1 Å². The Bertz CT molecular complexity index is 1070. The SMILES string of the molecule is CN(c1ccc(NC(=O)c2cc(S(=O)(=O)N(C)C)ccc2Cl)cc1F)C1CCCCC1. The average molecular weight is 468 g/mol. The van der Waals surface area contributed by atoms with Crippen molar-refractivity contribution in [3.05, 3.63) is 52.8 Å². The summed E-state index contributed by atoms with van der Waals surface area (Å²) in [5, 5.41) is 2.70. The fraction of sp³-hybridized carbons (Fsp3) is 0.409. The maximum Gasteiger partial charge on any atom is 0.257 e. The van der Waals surface area contributed by atoms with Crippen LogP contribution in [-0.2, 0) is 10.0 Å². The van der Waals surface area contributed by atoms with Crippen LogP contribution in [0, 0.1) is 5.82 Å². The van der Waals surface area contributed by atoms with E-state index in [1.165, 1.54) is 44.8 Å². The summed E-state index contributed by atoms with van der Waals surface area (Å²) in [7, 11) is 0.968. The Hall–Kier alpha value is -2.16. The Labute approximate surface area is 188 Å². The highest BCUT2D eigenvalue weighted by molar-refractivity contribution is 7.89. The molecule has 2 aromatic rings. The van der Waals surface area contributed by atoms with Crippen LogP contribution in [0.5, 0.6) is 0 Å². The van der Waals surface area contributed by atoms with Gasteiger partial charge in [-0.2, -0.15) is 0 Å². The van der Waals surface area contributed by atoms with Gasteiger partial charge in [0.2, 0.25) is 10.0 Å². The van der Waals surface area contributed by atoms with Crippen LogP contribution in [0.15, 0.2) is 41.3 Å². The molecule has 2 aromatic carbocycles. The van der Waals surface area contributed by atoms with Crippen molar-refractivity contribution < 1.29 is 17.6 Å². The van der Waals surface area contributed by atoms with Crippen LogP contribution in [0.1, 0.15) is 42.5 Å². The molecule has 168 valence electrons. The van der Waals surface area contributed by atoms with Gasteiger partial charge < -0.3 is 10.2 Å². The number of hydrogen-bond acceptors (Lipinski definition) is 4. The highest BCUT2D eigenvalue weighted by Gasteiger charge is 2.23. The molecule has 0 saturated heterocycles. The summed E-state index contributed by atoms with van der Waals surface area (Å²) in [5.41, 5.74) is 0.746. The third-order valence-corrected chi connectivity index (χ3v) is 7.81. The topological polar surface area (TPSA) is 69.7 Å². The van der Waals surface area contributed by atoms with Crippen molar-refractivity contribution in [1.82, 2.24) is 4.31 Å². The number of carbonyl (C=O) groups is 1. The van der Waals surface area contributed by atoms with Gasteiger partial charge in [0.1, 0.15) is 5.82 Å². The molecule has 1 saturated carbocycles. The first-order chi connectivity index (χ1) is 14.6. The van der Waals surface area contributed by atoms with Crippen molar-refractivity contribution in [3.8, 4) is 0 Å². The number of rotatable bonds is 6. The molecular formula is C22H27ClFN3O3S. The van der Waals surface area contributed by atoms with Gasteiger partial charge in [0.15, 0.2) is 0 Å². The minimum absolute atomic E-state index is 0.00611. The van der Waals surface area contributed by atoms with E-state index in [2.05, 4.69) is 5.32 Å². The van der Waals surface area contributed by atoms with Gasteiger partial charge in [-0.1, -0.05) is 30.9 Å². The molecule has 0 unspecified atom stereocenters. The van der Waals surface area contributed by atoms with Crippen molar-refractivity contribution in [2.75, 3.05) is 31.4 Å². The van der Waals surface area contributed by atoms with Crippen LogP contribution < -0.4 is 10.2 Å². The Morgan fingerprint density at radius 3 is 2.35 bits per heavy atom. The zero-order valence-corrected chi connectivity index (χ0v) is 19.4. The first-order valence-electron chi connectivity index (χ1n) is 10.2. The molecule has 31 heavy (non-hydrogen) atoms. The predicted molar refractivity (Wildman–Crippen MR) is 122 cm³/mol. The zero-order chi connectivity index (χ0) is 22.8. The summed E-state index contributed by atoms with van der Waals surface area (Å²) in [6, 6.07) is 8.76. The summed E-state index contributed by atoms with van der Waals surface area (Å²) >= 11 is 6.12. The lowest BCUT2D eigenvalue weighted by Crippen LogP contribution is -2.33. The molecule has 1 fully saturated rings. The number of amides is 1. The summed E-state index contributed by atoms with van der Waals surface area (Å²) in [4.78, 5) is 14.6. The maximum atomic E-state index is 14.8. The molecule has 0 radical (unpaired) electrons. The lowest BCUT2D eigenvalue weighted by Gasteiger charge is -2.33. The highest BCUT2D eigenvalue weighted by Crippen LogP contribution is 2.30. The molecular weight excluding hydrogens is 441 g/mol. The van der Waals surface area contributed by atoms with Gasteiger partial charge in [-0.05, 0) is 49.2 Å². The molecule has 0 atom stereocenters. The molecule has 0 aromatic heterocycles. The second-order valence-electron chi connectivity index (χ2n) is 7.95. The Morgan fingerprint density at radius 1 is 1.06 bits per heavy atom. The Balaban J connectivity index is 1.80. The first kappa shape index (κ1) is 23.5. The zero-order valence-electron chi connectivity index (χ0n) is 17.9. The summed E-state index contributed by atoms with van der Waals surface area (Å²) in [6.45, 7) is 0. The number of carbonyl (C=O) groups excluding carboxylic acids is 1. The van der Waals surface area contributed by atoms with Crippen molar-refractivity contribution in [1.29, 1.82) is 0 Å². The van der Waals surface area contributed by atoms with Crippen LogP contribution in [-0.4, -0.2) is 45.8 Å². The lowest BCUT2D eigenvalue weighted by molar-refractivity contribution is 0.102. The second-order valence-corrected chi connectivity index (χ2v) is 10.5. The molecule has 6 nitrogen and oxygen atoms in total. The number of nitrogens with zero attached hydrogens (tertiary/aromatic N) is 2. The Morgan fingerprint density at radius 2 is 1.74 bits per heavy atom. The van der Waals surface area contributed by atoms with Crippen LogP contribution in [0.4, 0.5) is 15.8 Å². The van der Waals surface area contributed by atoms with Gasteiger partial charge in [-0.3, -0.25) is 4.79 Å². The summed E-state index contributed by atoms with van der Waals surface area (Å²) < 4.78 is 40.5. The molecule has 3 rings (SSSR count). The second kappa shape index (κ2) is 9.54. The maximum absolute atomic E-state index is 14.8. The quantitative estimate of drug-likeness (QED) is 0.665. The van der Waals surface area contributed by atoms with Gasteiger partial charge >= 0.3 is 0 Å². The molecule has 0 heterocycles.